The van der Waals surface area contributed by atoms with Gasteiger partial charge in [-0.3, -0.25) is 4.90 Å². The Hall–Kier alpha value is -0.780. The normalized spacial score (nSPS) is 29.2. The Bertz CT molecular complexity index is 339. The van der Waals surface area contributed by atoms with Gasteiger partial charge >= 0.3 is 12.1 Å². The van der Waals surface area contributed by atoms with E-state index in [1.165, 1.54) is 4.90 Å². The summed E-state index contributed by atoms with van der Waals surface area (Å²) in [5.41, 5.74) is -1.82. The highest BCUT2D eigenvalue weighted by Crippen LogP contribution is 2.34. The number of carbonyl (C=O) groups is 2. The maximum absolute atomic E-state index is 11.9. The Morgan fingerprint density at radius 1 is 1.47 bits per heavy atom. The second-order valence-corrected chi connectivity index (χ2v) is 6.77. The lowest BCUT2D eigenvalue weighted by atomic mass is 10.00. The van der Waals surface area contributed by atoms with Crippen molar-refractivity contribution in [1.82, 2.24) is 4.90 Å². The van der Waals surface area contributed by atoms with Crippen LogP contribution in [0.2, 0.25) is 0 Å². The molecule has 0 aromatic carbocycles. The van der Waals surface area contributed by atoms with Gasteiger partial charge in [0.15, 0.2) is 0 Å². The first-order chi connectivity index (χ1) is 7.56. The van der Waals surface area contributed by atoms with E-state index in [0.717, 1.165) is 0 Å². The molecule has 6 heteroatoms. The van der Waals surface area contributed by atoms with E-state index in [1.807, 2.05) is 0 Å². The quantitative estimate of drug-likeness (QED) is 0.754. The smallest absolute Gasteiger partial charge is 0.411 e. The maximum Gasteiger partial charge on any atom is 0.411 e. The van der Waals surface area contributed by atoms with Gasteiger partial charge in [0.25, 0.3) is 0 Å². The Morgan fingerprint density at radius 2 is 2.00 bits per heavy atom. The number of likely N-dealkylation sites (tertiary alicyclic amines) is 1. The van der Waals surface area contributed by atoms with Crippen LogP contribution >= 0.6 is 15.9 Å². The fourth-order valence-corrected chi connectivity index (χ4v) is 2.72. The zero-order chi connectivity index (χ0) is 13.4. The lowest BCUT2D eigenvalue weighted by Crippen LogP contribution is -2.52. The van der Waals surface area contributed by atoms with Crippen molar-refractivity contribution in [2.45, 2.75) is 50.1 Å². The molecule has 1 rings (SSSR count). The molecule has 5 nitrogen and oxygen atoms in total. The molecule has 2 atom stereocenters. The van der Waals surface area contributed by atoms with Crippen LogP contribution in [0.5, 0.6) is 0 Å². The summed E-state index contributed by atoms with van der Waals surface area (Å²) in [4.78, 5) is 24.5. The molecule has 0 unspecified atom stereocenters. The van der Waals surface area contributed by atoms with Crippen molar-refractivity contribution in [3.63, 3.8) is 0 Å². The fraction of sp³-hybridized carbons (Fsp3) is 0.818. The highest BCUT2D eigenvalue weighted by molar-refractivity contribution is 9.09. The molecule has 17 heavy (non-hydrogen) atoms. The van der Waals surface area contributed by atoms with Gasteiger partial charge in [-0.15, -0.1) is 0 Å². The number of rotatable bonds is 1. The van der Waals surface area contributed by atoms with Crippen LogP contribution in [-0.4, -0.2) is 44.6 Å². The number of carboxylic acids is 1. The molecule has 1 amide bonds. The first kappa shape index (κ1) is 14.3. The van der Waals surface area contributed by atoms with Crippen LogP contribution in [0.25, 0.3) is 0 Å². The van der Waals surface area contributed by atoms with E-state index in [-0.39, 0.29) is 4.83 Å². The summed E-state index contributed by atoms with van der Waals surface area (Å²) in [6.45, 7) is 7.15. The molecule has 0 bridgehead atoms. The van der Waals surface area contributed by atoms with Crippen LogP contribution in [0.4, 0.5) is 4.79 Å². The molecule has 1 N–H and O–H groups in total. The highest BCUT2D eigenvalue weighted by Gasteiger charge is 2.50. The number of aliphatic carboxylic acids is 1. The third-order valence-electron chi connectivity index (χ3n) is 2.67. The third kappa shape index (κ3) is 3.12. The number of halogens is 1. The fourth-order valence-electron chi connectivity index (χ4n) is 1.80. The number of amides is 1. The Labute approximate surface area is 109 Å². The molecule has 0 saturated carbocycles. The number of hydrogen-bond acceptors (Lipinski definition) is 3. The second-order valence-electron chi connectivity index (χ2n) is 5.47. The van der Waals surface area contributed by atoms with E-state index in [1.54, 1.807) is 27.7 Å². The predicted molar refractivity (Wildman–Crippen MR) is 66.3 cm³/mol. The van der Waals surface area contributed by atoms with Gasteiger partial charge in [-0.1, -0.05) is 15.9 Å². The summed E-state index contributed by atoms with van der Waals surface area (Å²) in [6, 6.07) is 0. The Balaban J connectivity index is 2.88. The van der Waals surface area contributed by atoms with Gasteiger partial charge in [0.1, 0.15) is 11.1 Å². The largest absolute Gasteiger partial charge is 0.480 e. The molecule has 0 aromatic rings. The molecule has 0 aliphatic carbocycles. The van der Waals surface area contributed by atoms with Crippen molar-refractivity contribution < 1.29 is 19.4 Å². The van der Waals surface area contributed by atoms with Gasteiger partial charge in [-0.25, -0.2) is 9.59 Å². The van der Waals surface area contributed by atoms with E-state index >= 15 is 0 Å². The zero-order valence-electron chi connectivity index (χ0n) is 10.5. The number of carboxylic acid groups (broad SMARTS) is 1. The molecule has 0 aromatic heterocycles. The number of ether oxygens (including phenoxy) is 1. The predicted octanol–water partition coefficient (Wildman–Crippen LogP) is 2.23. The Kier molecular flexibility index (Phi) is 3.76. The van der Waals surface area contributed by atoms with Crippen molar-refractivity contribution in [2.75, 3.05) is 6.54 Å². The minimum Gasteiger partial charge on any atom is -0.480 e. The zero-order valence-corrected chi connectivity index (χ0v) is 12.1. The summed E-state index contributed by atoms with van der Waals surface area (Å²) >= 11 is 3.36. The van der Waals surface area contributed by atoms with Gasteiger partial charge in [0.2, 0.25) is 0 Å². The van der Waals surface area contributed by atoms with Crippen molar-refractivity contribution in [1.29, 1.82) is 0 Å². The van der Waals surface area contributed by atoms with Crippen molar-refractivity contribution in [3.8, 4) is 0 Å². The van der Waals surface area contributed by atoms with Crippen LogP contribution in [0.1, 0.15) is 34.1 Å². The molecule has 98 valence electrons. The number of hydrogen-bond donors (Lipinski definition) is 1. The van der Waals surface area contributed by atoms with E-state index in [0.29, 0.717) is 13.0 Å². The minimum absolute atomic E-state index is 0.0175. The van der Waals surface area contributed by atoms with Crippen molar-refractivity contribution in [3.05, 3.63) is 0 Å². The van der Waals surface area contributed by atoms with Crippen LogP contribution in [0, 0.1) is 0 Å². The average Bonchev–Trinajstić information content (AvgIpc) is 2.40. The maximum atomic E-state index is 11.9. The second kappa shape index (κ2) is 4.48. The molecule has 0 radical (unpaired) electrons. The van der Waals surface area contributed by atoms with Crippen molar-refractivity contribution in [2.24, 2.45) is 0 Å². The Morgan fingerprint density at radius 3 is 2.41 bits per heavy atom. The van der Waals surface area contributed by atoms with E-state index < -0.39 is 23.2 Å². The van der Waals surface area contributed by atoms with E-state index in [2.05, 4.69) is 15.9 Å². The van der Waals surface area contributed by atoms with Crippen LogP contribution in [0.15, 0.2) is 0 Å². The monoisotopic (exact) mass is 307 g/mol. The number of nitrogens with zero attached hydrogens (tertiary/aromatic N) is 1. The van der Waals surface area contributed by atoms with Crippen molar-refractivity contribution >= 4 is 28.0 Å². The molecule has 1 heterocycles. The minimum atomic E-state index is -1.20. The lowest BCUT2D eigenvalue weighted by Gasteiger charge is -2.32. The van der Waals surface area contributed by atoms with E-state index in [9.17, 15) is 14.7 Å². The topological polar surface area (TPSA) is 66.8 Å². The standard InChI is InChI=1S/C11H18BrNO4/c1-10(2,3)17-9(16)13-6-7(12)5-11(13,4)8(14)15/h7H,5-6H2,1-4H3,(H,14,15)/t7-,11-/m1/s1. The molecule has 1 fully saturated rings. The molecular weight excluding hydrogens is 290 g/mol. The summed E-state index contributed by atoms with van der Waals surface area (Å²) in [6.07, 6.45) is -0.203. The van der Waals surface area contributed by atoms with Crippen LogP contribution < -0.4 is 0 Å². The van der Waals surface area contributed by atoms with Gasteiger partial charge in [0.05, 0.1) is 0 Å². The van der Waals surface area contributed by atoms with E-state index in [4.69, 9.17) is 4.74 Å². The SMILES string of the molecule is CC(C)(C)OC(=O)N1C[C@H](Br)C[C@]1(C)C(=O)O. The van der Waals surface area contributed by atoms with Gasteiger partial charge in [-0.2, -0.15) is 0 Å². The summed E-state index contributed by atoms with van der Waals surface area (Å²) < 4.78 is 5.22. The molecule has 0 spiro atoms. The first-order valence-electron chi connectivity index (χ1n) is 5.44. The highest BCUT2D eigenvalue weighted by atomic mass is 79.9. The lowest BCUT2D eigenvalue weighted by molar-refractivity contribution is -0.148. The average molecular weight is 308 g/mol. The van der Waals surface area contributed by atoms with Gasteiger partial charge < -0.3 is 9.84 Å². The summed E-state index contributed by atoms with van der Waals surface area (Å²) in [5.74, 6) is -1.01. The third-order valence-corrected chi connectivity index (χ3v) is 3.28. The number of alkyl halides is 1. The van der Waals surface area contributed by atoms with Gasteiger partial charge in [-0.05, 0) is 34.1 Å². The summed E-state index contributed by atoms with van der Waals surface area (Å²) in [7, 11) is 0. The van der Waals surface area contributed by atoms with Gasteiger partial charge in [0, 0.05) is 11.4 Å². The van der Waals surface area contributed by atoms with Crippen LogP contribution in [0.3, 0.4) is 0 Å². The number of carbonyl (C=O) groups excluding carboxylic acids is 1. The molecule has 1 aliphatic rings. The first-order valence-corrected chi connectivity index (χ1v) is 6.36. The molecular formula is C11H18BrNO4. The van der Waals surface area contributed by atoms with Crippen LogP contribution in [-0.2, 0) is 9.53 Å². The summed E-state index contributed by atoms with van der Waals surface area (Å²) in [5, 5.41) is 9.24. The molecule has 1 saturated heterocycles. The molecule has 1 aliphatic heterocycles.